The molecule has 0 aromatic carbocycles. The highest BCUT2D eigenvalue weighted by Crippen LogP contribution is 2.41. The predicted molar refractivity (Wildman–Crippen MR) is 86.0 cm³/mol. The third-order valence-corrected chi connectivity index (χ3v) is 6.78. The van der Waals surface area contributed by atoms with Gasteiger partial charge in [0.15, 0.2) is 0 Å². The maximum absolute atomic E-state index is 3.82. The summed E-state index contributed by atoms with van der Waals surface area (Å²) in [6.45, 7) is 9.99. The summed E-state index contributed by atoms with van der Waals surface area (Å²) in [4.78, 5) is 2.84. The first-order chi connectivity index (χ1) is 9.58. The van der Waals surface area contributed by atoms with Crippen molar-refractivity contribution in [2.45, 2.75) is 90.3 Å². The smallest absolute Gasteiger partial charge is 0.0198 e. The van der Waals surface area contributed by atoms with Crippen molar-refractivity contribution in [2.24, 2.45) is 11.3 Å². The van der Waals surface area contributed by atoms with Crippen molar-refractivity contribution in [2.75, 3.05) is 13.1 Å². The fourth-order valence-corrected chi connectivity index (χ4v) is 4.81. The molecule has 1 N–H and O–H groups in total. The topological polar surface area (TPSA) is 15.3 Å². The van der Waals surface area contributed by atoms with Crippen LogP contribution < -0.4 is 5.32 Å². The van der Waals surface area contributed by atoms with Gasteiger partial charge >= 0.3 is 0 Å². The Kier molecular flexibility index (Phi) is 4.42. The van der Waals surface area contributed by atoms with E-state index in [4.69, 9.17) is 0 Å². The molecule has 3 aliphatic rings. The Morgan fingerprint density at radius 2 is 1.65 bits per heavy atom. The van der Waals surface area contributed by atoms with Crippen LogP contribution in [0.15, 0.2) is 0 Å². The number of hydrogen-bond acceptors (Lipinski definition) is 2. The normalized spacial score (nSPS) is 39.8. The lowest BCUT2D eigenvalue weighted by atomic mass is 9.68. The SMILES string of the molecule is CCC(C)(C)C1CCC(N2CCC3CCC(C2)N3)CC1. The summed E-state index contributed by atoms with van der Waals surface area (Å²) in [5, 5.41) is 3.82. The van der Waals surface area contributed by atoms with Crippen molar-refractivity contribution in [3.8, 4) is 0 Å². The van der Waals surface area contributed by atoms with Gasteiger partial charge in [-0.05, 0) is 62.8 Å². The molecule has 2 heterocycles. The van der Waals surface area contributed by atoms with Crippen LogP contribution in [-0.4, -0.2) is 36.1 Å². The molecule has 0 amide bonds. The standard InChI is InChI=1S/C18H34N2/c1-4-18(2,3)14-5-9-17(10-6-14)20-12-11-15-7-8-16(13-20)19-15/h14-17,19H,4-13H2,1-3H3. The number of hydrogen-bond donors (Lipinski definition) is 1. The third-order valence-electron chi connectivity index (χ3n) is 6.78. The number of rotatable bonds is 3. The lowest BCUT2D eigenvalue weighted by Gasteiger charge is -2.42. The lowest BCUT2D eigenvalue weighted by molar-refractivity contribution is 0.0825. The zero-order valence-corrected chi connectivity index (χ0v) is 13.8. The average molecular weight is 278 g/mol. The molecule has 1 aliphatic carbocycles. The van der Waals surface area contributed by atoms with Crippen LogP contribution in [-0.2, 0) is 0 Å². The summed E-state index contributed by atoms with van der Waals surface area (Å²) in [5.41, 5.74) is 0.560. The van der Waals surface area contributed by atoms with Crippen LogP contribution in [0.3, 0.4) is 0 Å². The highest BCUT2D eigenvalue weighted by atomic mass is 15.2. The fourth-order valence-electron chi connectivity index (χ4n) is 4.81. The van der Waals surface area contributed by atoms with Crippen molar-refractivity contribution in [3.05, 3.63) is 0 Å². The summed E-state index contributed by atoms with van der Waals surface area (Å²) in [6.07, 6.45) is 11.4. The lowest BCUT2D eigenvalue weighted by Crippen LogP contribution is -2.44. The van der Waals surface area contributed by atoms with Gasteiger partial charge in [-0.15, -0.1) is 0 Å². The molecule has 0 spiro atoms. The van der Waals surface area contributed by atoms with Gasteiger partial charge in [-0.25, -0.2) is 0 Å². The Morgan fingerprint density at radius 1 is 0.950 bits per heavy atom. The maximum Gasteiger partial charge on any atom is 0.0198 e. The highest BCUT2D eigenvalue weighted by molar-refractivity contribution is 4.93. The van der Waals surface area contributed by atoms with Crippen LogP contribution in [0.25, 0.3) is 0 Å². The molecule has 20 heavy (non-hydrogen) atoms. The molecule has 0 radical (unpaired) electrons. The largest absolute Gasteiger partial charge is 0.310 e. The minimum atomic E-state index is 0.560. The summed E-state index contributed by atoms with van der Waals surface area (Å²) < 4.78 is 0. The van der Waals surface area contributed by atoms with Crippen LogP contribution >= 0.6 is 0 Å². The van der Waals surface area contributed by atoms with E-state index in [0.29, 0.717) is 5.41 Å². The van der Waals surface area contributed by atoms with E-state index in [9.17, 15) is 0 Å². The van der Waals surface area contributed by atoms with Gasteiger partial charge in [0.2, 0.25) is 0 Å². The van der Waals surface area contributed by atoms with E-state index in [1.807, 2.05) is 0 Å². The predicted octanol–water partition coefficient (Wildman–Crippen LogP) is 3.81. The zero-order chi connectivity index (χ0) is 14.2. The second kappa shape index (κ2) is 5.96. The first-order valence-corrected chi connectivity index (χ1v) is 9.08. The monoisotopic (exact) mass is 278 g/mol. The van der Waals surface area contributed by atoms with Gasteiger partial charge in [0, 0.05) is 24.7 Å². The Balaban J connectivity index is 1.53. The molecule has 3 rings (SSSR count). The molecule has 0 aromatic heterocycles. The van der Waals surface area contributed by atoms with E-state index in [1.54, 1.807) is 0 Å². The maximum atomic E-state index is 3.82. The fraction of sp³-hybridized carbons (Fsp3) is 1.00. The molecule has 1 saturated carbocycles. The first-order valence-electron chi connectivity index (χ1n) is 9.08. The van der Waals surface area contributed by atoms with Gasteiger partial charge in [-0.2, -0.15) is 0 Å². The van der Waals surface area contributed by atoms with E-state index in [-0.39, 0.29) is 0 Å². The molecule has 2 heteroatoms. The molecule has 2 saturated heterocycles. The summed E-state index contributed by atoms with van der Waals surface area (Å²) >= 11 is 0. The van der Waals surface area contributed by atoms with Crippen molar-refractivity contribution in [3.63, 3.8) is 0 Å². The summed E-state index contributed by atoms with van der Waals surface area (Å²) in [5.74, 6) is 0.963. The van der Waals surface area contributed by atoms with Crippen LogP contribution in [0, 0.1) is 11.3 Å². The van der Waals surface area contributed by atoms with Gasteiger partial charge < -0.3 is 5.32 Å². The van der Waals surface area contributed by atoms with Crippen molar-refractivity contribution in [1.29, 1.82) is 0 Å². The molecule has 116 valence electrons. The molecule has 2 nitrogen and oxygen atoms in total. The van der Waals surface area contributed by atoms with Crippen molar-refractivity contribution < 1.29 is 0 Å². The van der Waals surface area contributed by atoms with Gasteiger partial charge in [0.1, 0.15) is 0 Å². The quantitative estimate of drug-likeness (QED) is 0.844. The summed E-state index contributed by atoms with van der Waals surface area (Å²) in [7, 11) is 0. The number of nitrogens with one attached hydrogen (secondary N) is 1. The van der Waals surface area contributed by atoms with E-state index in [0.717, 1.165) is 24.0 Å². The molecule has 3 fully saturated rings. The Labute approximate surface area is 125 Å². The average Bonchev–Trinajstić information content (AvgIpc) is 2.78. The second-order valence-electron chi connectivity index (χ2n) is 8.27. The van der Waals surface area contributed by atoms with Crippen molar-refractivity contribution in [1.82, 2.24) is 10.2 Å². The highest BCUT2D eigenvalue weighted by Gasteiger charge is 2.36. The van der Waals surface area contributed by atoms with Crippen molar-refractivity contribution >= 4 is 0 Å². The van der Waals surface area contributed by atoms with E-state index < -0.39 is 0 Å². The number of nitrogens with zero attached hydrogens (tertiary/aromatic N) is 1. The molecule has 0 aromatic rings. The minimum Gasteiger partial charge on any atom is -0.310 e. The van der Waals surface area contributed by atoms with Gasteiger partial charge in [-0.3, -0.25) is 4.90 Å². The van der Waals surface area contributed by atoms with Crippen LogP contribution in [0.2, 0.25) is 0 Å². The first kappa shape index (κ1) is 14.8. The minimum absolute atomic E-state index is 0.560. The zero-order valence-electron chi connectivity index (χ0n) is 13.8. The Bertz CT molecular complexity index is 317. The molecule has 2 unspecified atom stereocenters. The van der Waals surface area contributed by atoms with Gasteiger partial charge in [0.05, 0.1) is 0 Å². The third kappa shape index (κ3) is 3.06. The Morgan fingerprint density at radius 3 is 2.35 bits per heavy atom. The molecular formula is C18H34N2. The van der Waals surface area contributed by atoms with Crippen LogP contribution in [0.5, 0.6) is 0 Å². The van der Waals surface area contributed by atoms with Gasteiger partial charge in [0.25, 0.3) is 0 Å². The van der Waals surface area contributed by atoms with Gasteiger partial charge in [-0.1, -0.05) is 27.2 Å². The molecule has 2 aliphatic heterocycles. The Hall–Kier alpha value is -0.0800. The molecule has 2 atom stereocenters. The summed E-state index contributed by atoms with van der Waals surface area (Å²) in [6, 6.07) is 2.52. The van der Waals surface area contributed by atoms with E-state index in [2.05, 4.69) is 31.0 Å². The number of likely N-dealkylation sites (tertiary alicyclic amines) is 1. The second-order valence-corrected chi connectivity index (χ2v) is 8.27. The van der Waals surface area contributed by atoms with E-state index in [1.165, 1.54) is 64.5 Å². The van der Waals surface area contributed by atoms with Crippen LogP contribution in [0.4, 0.5) is 0 Å². The molecule has 2 bridgehead atoms. The molecular weight excluding hydrogens is 244 g/mol. The van der Waals surface area contributed by atoms with Crippen LogP contribution in [0.1, 0.15) is 72.1 Å². The van der Waals surface area contributed by atoms with E-state index >= 15 is 0 Å². The number of fused-ring (bicyclic) bond motifs is 2.